The quantitative estimate of drug-likeness (QED) is 0.340. The number of rotatable bonds is 8. The summed E-state index contributed by atoms with van der Waals surface area (Å²) in [5, 5.41) is 9.60. The normalized spacial score (nSPS) is 20.3. The Labute approximate surface area is 175 Å². The third-order valence-electron chi connectivity index (χ3n) is 5.34. The minimum absolute atomic E-state index is 0.108. The van der Waals surface area contributed by atoms with Crippen LogP contribution in [0.25, 0.3) is 0 Å². The molecule has 9 heteroatoms. The molecule has 1 aliphatic heterocycles. The lowest BCUT2D eigenvalue weighted by Gasteiger charge is -2.19. The van der Waals surface area contributed by atoms with Gasteiger partial charge in [-0.3, -0.25) is 14.7 Å². The maximum absolute atomic E-state index is 12.7. The van der Waals surface area contributed by atoms with Gasteiger partial charge in [-0.1, -0.05) is 12.1 Å². The lowest BCUT2D eigenvalue weighted by Crippen LogP contribution is -2.44. The zero-order chi connectivity index (χ0) is 21.6. The monoisotopic (exact) mass is 425 g/mol. The number of hydrogen-bond donors (Lipinski definition) is 3. The molecule has 1 unspecified atom stereocenters. The van der Waals surface area contributed by atoms with Crippen LogP contribution in [0.1, 0.15) is 43.2 Å². The van der Waals surface area contributed by atoms with Crippen molar-refractivity contribution in [2.45, 2.75) is 56.9 Å². The highest BCUT2D eigenvalue weighted by molar-refractivity contribution is 5.80. The molecular weight excluding hydrogens is 395 g/mol. The summed E-state index contributed by atoms with van der Waals surface area (Å²) < 4.78 is 38.0. The van der Waals surface area contributed by atoms with E-state index in [2.05, 4.69) is 25.8 Å². The highest BCUT2D eigenvalue weighted by atomic mass is 19.4. The van der Waals surface area contributed by atoms with Crippen LogP contribution in [0.15, 0.2) is 29.3 Å². The maximum Gasteiger partial charge on any atom is 0.416 e. The van der Waals surface area contributed by atoms with Gasteiger partial charge in [-0.25, -0.2) is 0 Å². The first kappa shape index (κ1) is 22.4. The second kappa shape index (κ2) is 10.1. The van der Waals surface area contributed by atoms with Gasteiger partial charge in [-0.05, 0) is 43.4 Å². The van der Waals surface area contributed by atoms with Crippen molar-refractivity contribution in [1.29, 1.82) is 0 Å². The van der Waals surface area contributed by atoms with E-state index in [9.17, 15) is 18.0 Å². The first-order valence-corrected chi connectivity index (χ1v) is 10.5. The molecule has 1 amide bonds. The molecule has 3 rings (SSSR count). The Morgan fingerprint density at radius 2 is 1.87 bits per heavy atom. The zero-order valence-corrected chi connectivity index (χ0v) is 17.3. The Morgan fingerprint density at radius 3 is 2.50 bits per heavy atom. The summed E-state index contributed by atoms with van der Waals surface area (Å²) in [5.74, 6) is 0.816. The number of aliphatic imine (C=N–C) groups is 1. The molecule has 3 N–H and O–H groups in total. The highest BCUT2D eigenvalue weighted by Crippen LogP contribution is 2.29. The molecule has 0 radical (unpaired) electrons. The smallest absolute Gasteiger partial charge is 0.356 e. The van der Waals surface area contributed by atoms with E-state index in [-0.39, 0.29) is 11.9 Å². The first-order valence-electron chi connectivity index (χ1n) is 10.5. The van der Waals surface area contributed by atoms with E-state index in [1.807, 2.05) is 0 Å². The number of nitrogens with zero attached hydrogens (tertiary/aromatic N) is 2. The molecule has 0 aromatic heterocycles. The van der Waals surface area contributed by atoms with Crippen molar-refractivity contribution in [2.75, 3.05) is 26.7 Å². The van der Waals surface area contributed by atoms with Gasteiger partial charge in [0, 0.05) is 51.7 Å². The number of carbonyl (C=O) groups excluding carboxylic acids is 1. The van der Waals surface area contributed by atoms with Crippen molar-refractivity contribution in [3.05, 3.63) is 35.4 Å². The number of likely N-dealkylation sites (tertiary alicyclic amines) is 1. The van der Waals surface area contributed by atoms with Crippen LogP contribution in [0.2, 0.25) is 0 Å². The van der Waals surface area contributed by atoms with Crippen LogP contribution in [-0.2, 0) is 17.5 Å². The standard InChI is InChI=1S/C21H30F3N5O/c1-25-20(26-11-2-3-19(30)27-17-8-9-17)28-18-10-12-29(14-18)13-15-4-6-16(7-5-15)21(22,23)24/h4-7,17-18H,2-3,8-14H2,1H3,(H,27,30)(H2,25,26,28). The van der Waals surface area contributed by atoms with Crippen molar-refractivity contribution in [1.82, 2.24) is 20.9 Å². The van der Waals surface area contributed by atoms with Crippen molar-refractivity contribution < 1.29 is 18.0 Å². The summed E-state index contributed by atoms with van der Waals surface area (Å²) >= 11 is 0. The average molecular weight is 425 g/mol. The fraction of sp³-hybridized carbons (Fsp3) is 0.619. The van der Waals surface area contributed by atoms with Crippen LogP contribution in [0.5, 0.6) is 0 Å². The van der Waals surface area contributed by atoms with E-state index in [0.717, 1.165) is 56.5 Å². The lowest BCUT2D eigenvalue weighted by molar-refractivity contribution is -0.137. The van der Waals surface area contributed by atoms with Gasteiger partial charge in [0.1, 0.15) is 0 Å². The Kier molecular flexibility index (Phi) is 7.58. The molecule has 1 atom stereocenters. The van der Waals surface area contributed by atoms with E-state index in [1.54, 1.807) is 19.2 Å². The summed E-state index contributed by atoms with van der Waals surface area (Å²) in [6.45, 7) is 2.96. The van der Waals surface area contributed by atoms with E-state index in [0.29, 0.717) is 31.5 Å². The summed E-state index contributed by atoms with van der Waals surface area (Å²) in [6, 6.07) is 5.99. The number of benzene rings is 1. The van der Waals surface area contributed by atoms with Crippen LogP contribution in [-0.4, -0.2) is 55.5 Å². The Morgan fingerprint density at radius 1 is 1.13 bits per heavy atom. The average Bonchev–Trinajstić information content (AvgIpc) is 3.41. The van der Waals surface area contributed by atoms with Gasteiger partial charge in [0.25, 0.3) is 0 Å². The van der Waals surface area contributed by atoms with Gasteiger partial charge in [0.05, 0.1) is 5.56 Å². The summed E-state index contributed by atoms with van der Waals surface area (Å²) in [5.41, 5.74) is 0.253. The third kappa shape index (κ3) is 7.19. The van der Waals surface area contributed by atoms with Crippen molar-refractivity contribution in [2.24, 2.45) is 4.99 Å². The summed E-state index contributed by atoms with van der Waals surface area (Å²) in [6.07, 6.45) is 0.0701. The number of guanidine groups is 1. The largest absolute Gasteiger partial charge is 0.416 e. The molecule has 1 heterocycles. The number of alkyl halides is 3. The lowest BCUT2D eigenvalue weighted by atomic mass is 10.1. The summed E-state index contributed by atoms with van der Waals surface area (Å²) in [4.78, 5) is 18.1. The summed E-state index contributed by atoms with van der Waals surface area (Å²) in [7, 11) is 1.71. The minimum Gasteiger partial charge on any atom is -0.356 e. The molecule has 30 heavy (non-hydrogen) atoms. The predicted molar refractivity (Wildman–Crippen MR) is 110 cm³/mol. The molecule has 1 aromatic carbocycles. The fourth-order valence-corrected chi connectivity index (χ4v) is 3.52. The van der Waals surface area contributed by atoms with Gasteiger partial charge in [-0.15, -0.1) is 0 Å². The van der Waals surface area contributed by atoms with Crippen LogP contribution >= 0.6 is 0 Å². The van der Waals surface area contributed by atoms with Crippen molar-refractivity contribution in [3.63, 3.8) is 0 Å². The number of hydrogen-bond acceptors (Lipinski definition) is 3. The molecule has 6 nitrogen and oxygen atoms in total. The zero-order valence-electron chi connectivity index (χ0n) is 17.3. The predicted octanol–water partition coefficient (Wildman–Crippen LogP) is 2.50. The molecule has 1 aliphatic carbocycles. The van der Waals surface area contributed by atoms with E-state index < -0.39 is 11.7 Å². The van der Waals surface area contributed by atoms with Crippen molar-refractivity contribution >= 4 is 11.9 Å². The molecule has 1 aromatic rings. The fourth-order valence-electron chi connectivity index (χ4n) is 3.52. The Hall–Kier alpha value is -2.29. The van der Waals surface area contributed by atoms with Crippen LogP contribution in [0, 0.1) is 0 Å². The number of carbonyl (C=O) groups is 1. The SMILES string of the molecule is CN=C(NCCCC(=O)NC1CC1)NC1CCN(Cc2ccc(C(F)(F)F)cc2)C1. The topological polar surface area (TPSA) is 68.8 Å². The Bertz CT molecular complexity index is 731. The molecule has 0 spiro atoms. The number of amides is 1. The Balaban J connectivity index is 1.35. The van der Waals surface area contributed by atoms with E-state index in [1.165, 1.54) is 0 Å². The second-order valence-electron chi connectivity index (χ2n) is 8.00. The van der Waals surface area contributed by atoms with Crippen LogP contribution < -0.4 is 16.0 Å². The molecule has 0 bridgehead atoms. The number of halogens is 3. The molecule has 1 saturated heterocycles. The van der Waals surface area contributed by atoms with E-state index in [4.69, 9.17) is 0 Å². The molecule has 2 fully saturated rings. The minimum atomic E-state index is -4.30. The van der Waals surface area contributed by atoms with Crippen LogP contribution in [0.3, 0.4) is 0 Å². The van der Waals surface area contributed by atoms with Gasteiger partial charge in [0.15, 0.2) is 5.96 Å². The maximum atomic E-state index is 12.7. The second-order valence-corrected chi connectivity index (χ2v) is 8.00. The number of nitrogens with one attached hydrogen (secondary N) is 3. The first-order chi connectivity index (χ1) is 14.3. The van der Waals surface area contributed by atoms with Crippen molar-refractivity contribution in [3.8, 4) is 0 Å². The molecule has 2 aliphatic rings. The molecular formula is C21H30F3N5O. The third-order valence-corrected chi connectivity index (χ3v) is 5.34. The van der Waals surface area contributed by atoms with Gasteiger partial charge >= 0.3 is 6.18 Å². The molecule has 166 valence electrons. The highest BCUT2D eigenvalue weighted by Gasteiger charge is 2.30. The van der Waals surface area contributed by atoms with E-state index >= 15 is 0 Å². The van der Waals surface area contributed by atoms with Gasteiger partial charge < -0.3 is 16.0 Å². The van der Waals surface area contributed by atoms with Gasteiger partial charge in [0.2, 0.25) is 5.91 Å². The van der Waals surface area contributed by atoms with Crippen LogP contribution in [0.4, 0.5) is 13.2 Å². The van der Waals surface area contributed by atoms with Gasteiger partial charge in [-0.2, -0.15) is 13.2 Å². The molecule has 1 saturated carbocycles.